The molecule has 1 aliphatic rings. The largest absolute Gasteiger partial charge is 0.456 e. The van der Waals surface area contributed by atoms with Gasteiger partial charge in [0.15, 0.2) is 5.84 Å². The molecule has 3 heterocycles. The third kappa shape index (κ3) is 6.76. The van der Waals surface area contributed by atoms with Crippen molar-refractivity contribution >= 4 is 70.7 Å². The Balaban J connectivity index is 0.921. The van der Waals surface area contributed by atoms with E-state index in [2.05, 4.69) is 219 Å². The summed E-state index contributed by atoms with van der Waals surface area (Å²) in [7, 11) is 0. The molecule has 4 heteroatoms. The molecule has 9 aromatic carbocycles. The van der Waals surface area contributed by atoms with E-state index in [9.17, 15) is 0 Å². The Bertz CT molecular complexity index is 3650. The lowest BCUT2D eigenvalue weighted by Crippen LogP contribution is -2.06. The van der Waals surface area contributed by atoms with Gasteiger partial charge in [0, 0.05) is 48.5 Å². The lowest BCUT2D eigenvalue weighted by molar-refractivity contribution is 0.669. The smallest absolute Gasteiger partial charge is 0.160 e. The third-order valence-corrected chi connectivity index (χ3v) is 13.7. The van der Waals surface area contributed by atoms with E-state index in [-0.39, 0.29) is 0 Å². The third-order valence-electron chi connectivity index (χ3n) is 12.6. The Labute approximate surface area is 375 Å². The van der Waals surface area contributed by atoms with Gasteiger partial charge in [-0.3, -0.25) is 0 Å². The number of hydrogen-bond donors (Lipinski definition) is 0. The average Bonchev–Trinajstić information content (AvgIpc) is 3.88. The molecule has 64 heavy (non-hydrogen) atoms. The Morgan fingerprint density at radius 3 is 1.66 bits per heavy atom. The number of allylic oxidation sites excluding steroid dienone is 1. The van der Waals surface area contributed by atoms with Gasteiger partial charge >= 0.3 is 0 Å². The van der Waals surface area contributed by atoms with Crippen LogP contribution in [0, 0.1) is 0 Å². The van der Waals surface area contributed by atoms with Gasteiger partial charge < -0.3 is 4.42 Å². The van der Waals surface area contributed by atoms with Crippen molar-refractivity contribution in [2.45, 2.75) is 13.3 Å². The van der Waals surface area contributed by atoms with E-state index in [4.69, 9.17) is 14.4 Å². The number of aliphatic imine (C=N–C) groups is 2. The molecule has 0 atom stereocenters. The minimum absolute atomic E-state index is 0.682. The van der Waals surface area contributed by atoms with E-state index in [1.54, 1.807) is 0 Å². The van der Waals surface area contributed by atoms with Gasteiger partial charge in [-0.2, -0.15) is 0 Å². The zero-order valence-corrected chi connectivity index (χ0v) is 35.9. The number of benzene rings is 9. The Kier molecular flexibility index (Phi) is 9.31. The number of hydrogen-bond acceptors (Lipinski definition) is 4. The summed E-state index contributed by atoms with van der Waals surface area (Å²) in [6, 6.07) is 75.6. The maximum Gasteiger partial charge on any atom is 0.160 e. The second-order valence-corrected chi connectivity index (χ2v) is 17.6. The van der Waals surface area contributed by atoms with Gasteiger partial charge in [-0.05, 0) is 92.9 Å². The first-order valence-electron chi connectivity index (χ1n) is 21.8. The molecule has 0 aliphatic carbocycles. The normalized spacial score (nSPS) is 13.1. The van der Waals surface area contributed by atoms with Crippen LogP contribution in [0.1, 0.15) is 30.0 Å². The monoisotopic (exact) mass is 836 g/mol. The minimum Gasteiger partial charge on any atom is -0.456 e. The van der Waals surface area contributed by atoms with Crippen molar-refractivity contribution in [1.29, 1.82) is 0 Å². The van der Waals surface area contributed by atoms with Crippen molar-refractivity contribution < 1.29 is 4.42 Å². The molecule has 0 spiro atoms. The molecule has 0 saturated carbocycles. The molecule has 0 N–H and O–H groups in total. The van der Waals surface area contributed by atoms with Crippen molar-refractivity contribution in [3.63, 3.8) is 0 Å². The lowest BCUT2D eigenvalue weighted by Gasteiger charge is -2.10. The van der Waals surface area contributed by atoms with Crippen LogP contribution in [0.3, 0.4) is 0 Å². The molecule has 2 aromatic heterocycles. The predicted octanol–water partition coefficient (Wildman–Crippen LogP) is 16.7. The van der Waals surface area contributed by atoms with Crippen LogP contribution in [-0.2, 0) is 0 Å². The fraction of sp³-hybridized carbons (Fsp3) is 0.0333. The van der Waals surface area contributed by atoms with Gasteiger partial charge in [-0.15, -0.1) is 11.3 Å². The van der Waals surface area contributed by atoms with Crippen LogP contribution >= 0.6 is 11.3 Å². The van der Waals surface area contributed by atoms with E-state index >= 15 is 0 Å². The van der Waals surface area contributed by atoms with Crippen molar-refractivity contribution in [2.24, 2.45) is 9.98 Å². The molecule has 0 amide bonds. The van der Waals surface area contributed by atoms with Gasteiger partial charge in [0.1, 0.15) is 11.2 Å². The quantitative estimate of drug-likeness (QED) is 0.158. The number of amidine groups is 1. The van der Waals surface area contributed by atoms with Crippen LogP contribution < -0.4 is 0 Å². The molecule has 0 fully saturated rings. The Hall–Kier alpha value is -7.92. The zero-order chi connectivity index (χ0) is 42.6. The number of thiophene rings is 1. The lowest BCUT2D eigenvalue weighted by atomic mass is 9.96. The molecule has 3 nitrogen and oxygen atoms in total. The topological polar surface area (TPSA) is 37.9 Å². The van der Waals surface area contributed by atoms with Crippen molar-refractivity contribution in [3.8, 4) is 44.5 Å². The molecule has 0 saturated heterocycles. The number of nitrogens with zero attached hydrogens (tertiary/aromatic N) is 2. The highest BCUT2D eigenvalue weighted by Gasteiger charge is 2.20. The maximum absolute atomic E-state index is 6.63. The van der Waals surface area contributed by atoms with Crippen molar-refractivity contribution in [2.75, 3.05) is 0 Å². The second kappa shape index (κ2) is 15.8. The second-order valence-electron chi connectivity index (χ2n) is 16.5. The van der Waals surface area contributed by atoms with Gasteiger partial charge in [0.05, 0.1) is 11.4 Å². The van der Waals surface area contributed by atoms with E-state index in [0.29, 0.717) is 12.3 Å². The standard InChI is InChI=1S/C60H40N2OS/c1-38-36-52(44-28-22-41(23-29-44)39-12-4-2-5-13-39)61-60(62-59(38)45-30-24-42(25-31-45)40-14-6-3-7-15-40)46-32-26-43(27-33-46)48-17-10-19-53-57(48)50-35-34-47(37-54(50)63-53)49-18-11-21-56-58(49)51-16-8-9-20-55(51)64-56/h2-35,37H,36H2,1H3. The van der Waals surface area contributed by atoms with Crippen molar-refractivity contribution in [1.82, 2.24) is 0 Å². The SMILES string of the molecule is CC1=C(c2ccc(-c3ccccc3)cc2)N=C(c2ccc(-c3cccc4oc5cc(-c6cccc7sc8ccccc8c67)ccc5c34)cc2)N=C(c2ccc(-c3ccccc3)cc2)C1. The first-order chi connectivity index (χ1) is 31.6. The molecule has 0 bridgehead atoms. The fourth-order valence-corrected chi connectivity index (χ4v) is 10.5. The first kappa shape index (κ1) is 37.8. The summed E-state index contributed by atoms with van der Waals surface area (Å²) in [5.41, 5.74) is 17.3. The number of fused-ring (bicyclic) bond motifs is 6. The van der Waals surface area contributed by atoms with Gasteiger partial charge in [-0.25, -0.2) is 9.98 Å². The van der Waals surface area contributed by atoms with Gasteiger partial charge in [0.2, 0.25) is 0 Å². The van der Waals surface area contributed by atoms with Crippen molar-refractivity contribution in [3.05, 3.63) is 235 Å². The highest BCUT2D eigenvalue weighted by Crippen LogP contribution is 2.43. The average molecular weight is 837 g/mol. The van der Waals surface area contributed by atoms with Crippen LogP contribution in [0.2, 0.25) is 0 Å². The number of rotatable bonds is 7. The van der Waals surface area contributed by atoms with Gasteiger partial charge in [0.25, 0.3) is 0 Å². The first-order valence-corrected chi connectivity index (χ1v) is 22.6. The van der Waals surface area contributed by atoms with Gasteiger partial charge in [-0.1, -0.05) is 182 Å². The maximum atomic E-state index is 6.63. The highest BCUT2D eigenvalue weighted by molar-refractivity contribution is 7.25. The Morgan fingerprint density at radius 2 is 0.938 bits per heavy atom. The highest BCUT2D eigenvalue weighted by atomic mass is 32.1. The van der Waals surface area contributed by atoms with Crippen LogP contribution in [0.5, 0.6) is 0 Å². The Morgan fingerprint density at radius 1 is 0.391 bits per heavy atom. The molecule has 302 valence electrons. The van der Waals surface area contributed by atoms with Crippen LogP contribution in [0.4, 0.5) is 0 Å². The minimum atomic E-state index is 0.682. The molecule has 11 aromatic rings. The summed E-state index contributed by atoms with van der Waals surface area (Å²) in [5.74, 6) is 0.695. The van der Waals surface area contributed by atoms with E-state index in [1.807, 2.05) is 11.3 Å². The van der Waals surface area contributed by atoms with Crippen LogP contribution in [-0.4, -0.2) is 11.5 Å². The molecule has 1 aliphatic heterocycles. The summed E-state index contributed by atoms with van der Waals surface area (Å²) in [6.07, 6.45) is 0.682. The van der Waals surface area contributed by atoms with Crippen LogP contribution in [0.15, 0.2) is 232 Å². The van der Waals surface area contributed by atoms with E-state index in [1.165, 1.54) is 53.6 Å². The molecular weight excluding hydrogens is 797 g/mol. The molecule has 0 radical (unpaired) electrons. The summed E-state index contributed by atoms with van der Waals surface area (Å²) in [4.78, 5) is 10.8. The fourth-order valence-electron chi connectivity index (χ4n) is 9.32. The molecule has 0 unspecified atom stereocenters. The summed E-state index contributed by atoms with van der Waals surface area (Å²) >= 11 is 1.85. The summed E-state index contributed by atoms with van der Waals surface area (Å²) < 4.78 is 9.23. The summed E-state index contributed by atoms with van der Waals surface area (Å²) in [5, 5.41) is 4.81. The molecule has 12 rings (SSSR count). The number of furan rings is 1. The molecular formula is C60H40N2OS. The zero-order valence-electron chi connectivity index (χ0n) is 35.1. The predicted molar refractivity (Wildman–Crippen MR) is 272 cm³/mol. The van der Waals surface area contributed by atoms with E-state index < -0.39 is 0 Å². The van der Waals surface area contributed by atoms with E-state index in [0.717, 1.165) is 66.7 Å². The summed E-state index contributed by atoms with van der Waals surface area (Å²) in [6.45, 7) is 2.19. The van der Waals surface area contributed by atoms with Crippen LogP contribution in [0.25, 0.3) is 92.3 Å².